The van der Waals surface area contributed by atoms with Crippen molar-refractivity contribution in [3.05, 3.63) is 39.9 Å². The van der Waals surface area contributed by atoms with Crippen molar-refractivity contribution in [1.82, 2.24) is 10.2 Å². The Morgan fingerprint density at radius 1 is 1.42 bits per heavy atom. The molecule has 1 aromatic carbocycles. The highest BCUT2D eigenvalue weighted by Gasteiger charge is 2.34. The van der Waals surface area contributed by atoms with Crippen LogP contribution < -0.4 is 5.32 Å². The van der Waals surface area contributed by atoms with Crippen molar-refractivity contribution in [3.63, 3.8) is 0 Å². The maximum absolute atomic E-state index is 12.2. The Bertz CT molecular complexity index is 730. The summed E-state index contributed by atoms with van der Waals surface area (Å²) in [6.45, 7) is -0.114. The van der Waals surface area contributed by atoms with E-state index in [1.165, 1.54) is 25.2 Å². The predicted octanol–water partition coefficient (Wildman–Crippen LogP) is 2.32. The second-order valence-electron chi connectivity index (χ2n) is 6.14. The average Bonchev–Trinajstić information content (AvgIpc) is 2.65. The van der Waals surface area contributed by atoms with Gasteiger partial charge in [0.1, 0.15) is 6.61 Å². The molecule has 1 aliphatic rings. The van der Waals surface area contributed by atoms with Gasteiger partial charge in [0.25, 0.3) is 5.69 Å². The first kappa shape index (κ1) is 19.2. The van der Waals surface area contributed by atoms with Gasteiger partial charge in [-0.2, -0.15) is 5.26 Å². The molecule has 138 valence electrons. The van der Waals surface area contributed by atoms with Gasteiger partial charge in [0.15, 0.2) is 6.19 Å². The molecule has 0 saturated heterocycles. The third kappa shape index (κ3) is 4.92. The monoisotopic (exact) mass is 360 g/mol. The molecule has 0 aromatic heterocycles. The molecule has 0 bridgehead atoms. The van der Waals surface area contributed by atoms with Crippen molar-refractivity contribution in [2.24, 2.45) is 5.92 Å². The zero-order chi connectivity index (χ0) is 19.1. The Morgan fingerprint density at radius 2 is 2.15 bits per heavy atom. The molecule has 0 unspecified atom stereocenters. The molecule has 0 spiro atoms. The number of amides is 2. The number of hydrogen-bond acceptors (Lipinski definition) is 6. The molecule has 2 rings (SSSR count). The number of carbonyl (C=O) groups is 2. The molecule has 0 radical (unpaired) electrons. The highest BCUT2D eigenvalue weighted by molar-refractivity contribution is 5.81. The summed E-state index contributed by atoms with van der Waals surface area (Å²) in [4.78, 5) is 35.5. The number of nitrogens with one attached hydrogen (secondary N) is 1. The molecule has 26 heavy (non-hydrogen) atoms. The number of carbonyl (C=O) groups excluding carboxylic acids is 2. The van der Waals surface area contributed by atoms with Gasteiger partial charge in [-0.1, -0.05) is 25.0 Å². The first-order valence-corrected chi connectivity index (χ1v) is 8.26. The number of benzene rings is 1. The molecule has 1 fully saturated rings. The van der Waals surface area contributed by atoms with Crippen molar-refractivity contribution in [2.75, 3.05) is 7.05 Å². The Labute approximate surface area is 150 Å². The molecule has 0 heterocycles. The van der Waals surface area contributed by atoms with Gasteiger partial charge in [0.2, 0.25) is 5.91 Å². The quantitative estimate of drug-likeness (QED) is 0.372. The summed E-state index contributed by atoms with van der Waals surface area (Å²) in [5, 5.41) is 22.3. The number of nitro benzene ring substituents is 1. The van der Waals surface area contributed by atoms with Crippen LogP contribution in [0.2, 0.25) is 0 Å². The molecule has 1 aliphatic carbocycles. The zero-order valence-corrected chi connectivity index (χ0v) is 14.4. The van der Waals surface area contributed by atoms with Crippen LogP contribution in [0.25, 0.3) is 0 Å². The highest BCUT2D eigenvalue weighted by Crippen LogP contribution is 2.26. The van der Waals surface area contributed by atoms with Crippen LogP contribution in [0.3, 0.4) is 0 Å². The number of non-ortho nitro benzene ring substituents is 1. The van der Waals surface area contributed by atoms with Crippen LogP contribution in [0.5, 0.6) is 0 Å². The van der Waals surface area contributed by atoms with Gasteiger partial charge in [0, 0.05) is 25.2 Å². The second-order valence-corrected chi connectivity index (χ2v) is 6.14. The van der Waals surface area contributed by atoms with Gasteiger partial charge >= 0.3 is 6.09 Å². The summed E-state index contributed by atoms with van der Waals surface area (Å²) in [6.07, 6.45) is 4.04. The maximum atomic E-state index is 12.2. The van der Waals surface area contributed by atoms with Gasteiger partial charge < -0.3 is 10.1 Å². The van der Waals surface area contributed by atoms with Crippen molar-refractivity contribution in [3.8, 4) is 6.19 Å². The number of alkyl carbamates (subject to hydrolysis) is 1. The number of nitrogens with zero attached hydrogens (tertiary/aromatic N) is 3. The van der Waals surface area contributed by atoms with Crippen LogP contribution in [0, 0.1) is 27.5 Å². The van der Waals surface area contributed by atoms with Crippen LogP contribution in [0.4, 0.5) is 10.5 Å². The molecular formula is C17H20N4O5. The lowest BCUT2D eigenvalue weighted by atomic mass is 9.83. The number of nitriles is 1. The highest BCUT2D eigenvalue weighted by atomic mass is 16.6. The van der Waals surface area contributed by atoms with E-state index in [-0.39, 0.29) is 18.2 Å². The standard InChI is InChI=1S/C17H20N4O5/c1-20(11-18)16(22)14-7-2-3-8-15(14)19-17(23)26-10-12-5-4-6-13(9-12)21(24)25/h4-6,9,14-15H,2-3,7-8,10H2,1H3,(H,19,23)/t14-,15+/m0/s1. The minimum Gasteiger partial charge on any atom is -0.445 e. The molecule has 9 heteroatoms. The van der Waals surface area contributed by atoms with E-state index in [0.29, 0.717) is 18.4 Å². The summed E-state index contributed by atoms with van der Waals surface area (Å²) in [6, 6.07) is 5.43. The van der Waals surface area contributed by atoms with E-state index >= 15 is 0 Å². The molecule has 1 saturated carbocycles. The van der Waals surface area contributed by atoms with E-state index in [4.69, 9.17) is 10.00 Å². The Hall–Kier alpha value is -3.15. The van der Waals surface area contributed by atoms with E-state index in [2.05, 4.69) is 5.32 Å². The fourth-order valence-corrected chi connectivity index (χ4v) is 3.00. The van der Waals surface area contributed by atoms with Crippen molar-refractivity contribution < 1.29 is 19.2 Å². The Kier molecular flexibility index (Phi) is 6.49. The van der Waals surface area contributed by atoms with Gasteiger partial charge in [-0.25, -0.2) is 4.79 Å². The lowest BCUT2D eigenvalue weighted by Crippen LogP contribution is -2.48. The number of ether oxygens (including phenoxy) is 1. The van der Waals surface area contributed by atoms with Crippen LogP contribution in [-0.4, -0.2) is 34.9 Å². The summed E-state index contributed by atoms with van der Waals surface area (Å²) < 4.78 is 5.12. The molecule has 2 atom stereocenters. The van der Waals surface area contributed by atoms with E-state index < -0.39 is 23.0 Å². The van der Waals surface area contributed by atoms with E-state index in [9.17, 15) is 19.7 Å². The van der Waals surface area contributed by atoms with Crippen molar-refractivity contribution in [1.29, 1.82) is 5.26 Å². The van der Waals surface area contributed by atoms with E-state index in [1.807, 2.05) is 0 Å². The second kappa shape index (κ2) is 8.80. The minimum atomic E-state index is -0.694. The summed E-state index contributed by atoms with van der Waals surface area (Å²) in [5.41, 5.74) is 0.416. The van der Waals surface area contributed by atoms with Gasteiger partial charge in [-0.15, -0.1) is 0 Å². The smallest absolute Gasteiger partial charge is 0.407 e. The normalized spacial score (nSPS) is 19.1. The first-order valence-electron chi connectivity index (χ1n) is 8.26. The average molecular weight is 360 g/mol. The molecule has 1 N–H and O–H groups in total. The third-order valence-corrected chi connectivity index (χ3v) is 4.36. The van der Waals surface area contributed by atoms with Gasteiger partial charge in [0.05, 0.1) is 10.8 Å². The predicted molar refractivity (Wildman–Crippen MR) is 90.5 cm³/mol. The fraction of sp³-hybridized carbons (Fsp3) is 0.471. The summed E-state index contributed by atoms with van der Waals surface area (Å²) in [5.74, 6) is -0.782. The number of nitro groups is 1. The van der Waals surface area contributed by atoms with Gasteiger partial charge in [-0.3, -0.25) is 19.8 Å². The largest absolute Gasteiger partial charge is 0.445 e. The summed E-state index contributed by atoms with van der Waals surface area (Å²) >= 11 is 0. The van der Waals surface area contributed by atoms with Crippen LogP contribution in [0.15, 0.2) is 24.3 Å². The first-order chi connectivity index (χ1) is 12.4. The number of rotatable bonds is 5. The summed E-state index contributed by atoms with van der Waals surface area (Å²) in [7, 11) is 1.40. The minimum absolute atomic E-state index is 0.0796. The number of hydrogen-bond donors (Lipinski definition) is 1. The SMILES string of the molecule is CN(C#N)C(=O)[C@H]1CCCC[C@H]1NC(=O)OCc1cccc([N+](=O)[O-])c1. The molecule has 0 aliphatic heterocycles. The third-order valence-electron chi connectivity index (χ3n) is 4.36. The van der Waals surface area contributed by atoms with Crippen LogP contribution in [0.1, 0.15) is 31.2 Å². The Balaban J connectivity index is 1.93. The van der Waals surface area contributed by atoms with E-state index in [0.717, 1.165) is 17.7 Å². The molecule has 2 amide bonds. The van der Waals surface area contributed by atoms with Crippen LogP contribution >= 0.6 is 0 Å². The fourth-order valence-electron chi connectivity index (χ4n) is 3.00. The lowest BCUT2D eigenvalue weighted by Gasteiger charge is -2.31. The van der Waals surface area contributed by atoms with Crippen LogP contribution in [-0.2, 0) is 16.1 Å². The lowest BCUT2D eigenvalue weighted by molar-refractivity contribution is -0.384. The molecule has 1 aromatic rings. The van der Waals surface area contributed by atoms with Crippen molar-refractivity contribution in [2.45, 2.75) is 38.3 Å². The van der Waals surface area contributed by atoms with E-state index in [1.54, 1.807) is 12.3 Å². The zero-order valence-electron chi connectivity index (χ0n) is 14.4. The van der Waals surface area contributed by atoms with Crippen molar-refractivity contribution >= 4 is 17.7 Å². The molecular weight excluding hydrogens is 340 g/mol. The molecule has 9 nitrogen and oxygen atoms in total. The topological polar surface area (TPSA) is 126 Å². The Morgan fingerprint density at radius 3 is 2.85 bits per heavy atom. The maximum Gasteiger partial charge on any atom is 0.407 e. The van der Waals surface area contributed by atoms with Gasteiger partial charge in [-0.05, 0) is 18.4 Å².